The van der Waals surface area contributed by atoms with E-state index in [9.17, 15) is 18.0 Å². The van der Waals surface area contributed by atoms with Gasteiger partial charge in [-0.15, -0.1) is 13.2 Å². The molecule has 22 heavy (non-hydrogen) atoms. The molecule has 0 bridgehead atoms. The highest BCUT2D eigenvalue weighted by Gasteiger charge is 2.32. The van der Waals surface area contributed by atoms with E-state index in [-0.39, 0.29) is 24.2 Å². The number of hydrogen-bond acceptors (Lipinski definition) is 3. The minimum Gasteiger partial charge on any atom is -0.406 e. The van der Waals surface area contributed by atoms with Crippen LogP contribution in [0.5, 0.6) is 5.75 Å². The highest BCUT2D eigenvalue weighted by molar-refractivity contribution is 5.77. The van der Waals surface area contributed by atoms with Gasteiger partial charge in [-0.2, -0.15) is 5.26 Å². The number of rotatable bonds is 6. The molecule has 120 valence electrons. The molecule has 0 aliphatic rings. The molecule has 0 heterocycles. The highest BCUT2D eigenvalue weighted by atomic mass is 19.4. The monoisotopic (exact) mass is 314 g/mol. The third kappa shape index (κ3) is 5.64. The number of nitrogens with one attached hydrogen (secondary N) is 1. The molecule has 0 aliphatic heterocycles. The molecular weight excluding hydrogens is 297 g/mol. The Morgan fingerprint density at radius 2 is 2.00 bits per heavy atom. The van der Waals surface area contributed by atoms with Gasteiger partial charge in [0.1, 0.15) is 11.3 Å². The third-order valence-corrected chi connectivity index (χ3v) is 3.19. The largest absolute Gasteiger partial charge is 0.573 e. The van der Waals surface area contributed by atoms with Gasteiger partial charge in [0.15, 0.2) is 0 Å². The fourth-order valence-corrected chi connectivity index (χ4v) is 1.75. The lowest BCUT2D eigenvalue weighted by Crippen LogP contribution is -2.44. The first-order valence-electron chi connectivity index (χ1n) is 6.75. The van der Waals surface area contributed by atoms with Crippen LogP contribution in [0.2, 0.25) is 0 Å². The van der Waals surface area contributed by atoms with Crippen molar-refractivity contribution in [1.82, 2.24) is 5.32 Å². The van der Waals surface area contributed by atoms with E-state index < -0.39 is 17.8 Å². The Balaban J connectivity index is 2.69. The topological polar surface area (TPSA) is 62.1 Å². The van der Waals surface area contributed by atoms with E-state index in [1.807, 2.05) is 6.07 Å². The van der Waals surface area contributed by atoms with Gasteiger partial charge in [-0.25, -0.2) is 0 Å². The zero-order chi connectivity index (χ0) is 16.8. The second-order valence-electron chi connectivity index (χ2n) is 5.00. The van der Waals surface area contributed by atoms with Gasteiger partial charge < -0.3 is 10.1 Å². The Morgan fingerprint density at radius 3 is 2.55 bits per heavy atom. The van der Waals surface area contributed by atoms with Crippen LogP contribution in [-0.4, -0.2) is 17.8 Å². The molecule has 1 aromatic rings. The van der Waals surface area contributed by atoms with Crippen molar-refractivity contribution in [3.63, 3.8) is 0 Å². The summed E-state index contributed by atoms with van der Waals surface area (Å²) in [6, 6.07) is 7.66. The molecule has 0 aromatic heterocycles. The lowest BCUT2D eigenvalue weighted by atomic mass is 10.0. The van der Waals surface area contributed by atoms with Crippen LogP contribution in [0.3, 0.4) is 0 Å². The fraction of sp³-hybridized carbons (Fsp3) is 0.467. The highest BCUT2D eigenvalue weighted by Crippen LogP contribution is 2.27. The van der Waals surface area contributed by atoms with Gasteiger partial charge in [-0.3, -0.25) is 4.79 Å². The van der Waals surface area contributed by atoms with E-state index in [1.165, 1.54) is 18.2 Å². The summed E-state index contributed by atoms with van der Waals surface area (Å²) in [5.41, 5.74) is -0.691. The van der Waals surface area contributed by atoms with Gasteiger partial charge in [-0.05, 0) is 31.4 Å². The van der Waals surface area contributed by atoms with Crippen molar-refractivity contribution in [3.05, 3.63) is 29.8 Å². The molecule has 0 saturated heterocycles. The lowest BCUT2D eigenvalue weighted by molar-refractivity contribution is -0.274. The molecule has 4 nitrogen and oxygen atoms in total. The van der Waals surface area contributed by atoms with Crippen LogP contribution < -0.4 is 10.1 Å². The average molecular weight is 314 g/mol. The summed E-state index contributed by atoms with van der Waals surface area (Å²) in [6.07, 6.45) is -4.29. The quantitative estimate of drug-likeness (QED) is 0.876. The minimum absolute atomic E-state index is 0.0322. The zero-order valence-electron chi connectivity index (χ0n) is 12.3. The molecule has 0 unspecified atom stereocenters. The Morgan fingerprint density at radius 1 is 1.36 bits per heavy atom. The molecule has 1 N–H and O–H groups in total. The van der Waals surface area contributed by atoms with Gasteiger partial charge in [0.2, 0.25) is 5.91 Å². The molecule has 0 saturated carbocycles. The number of para-hydroxylation sites is 1. The number of nitrogens with zero attached hydrogens (tertiary/aromatic N) is 1. The molecule has 0 spiro atoms. The van der Waals surface area contributed by atoms with Crippen molar-refractivity contribution < 1.29 is 22.7 Å². The van der Waals surface area contributed by atoms with Crippen LogP contribution in [0.1, 0.15) is 32.3 Å². The van der Waals surface area contributed by atoms with Crippen molar-refractivity contribution in [2.45, 2.75) is 45.0 Å². The van der Waals surface area contributed by atoms with Gasteiger partial charge in [-0.1, -0.05) is 25.1 Å². The Hall–Kier alpha value is -2.23. The van der Waals surface area contributed by atoms with Crippen molar-refractivity contribution in [2.24, 2.45) is 0 Å². The summed E-state index contributed by atoms with van der Waals surface area (Å²) in [4.78, 5) is 11.8. The smallest absolute Gasteiger partial charge is 0.406 e. The molecule has 1 atom stereocenters. The molecule has 7 heteroatoms. The van der Waals surface area contributed by atoms with Crippen LogP contribution in [0.4, 0.5) is 13.2 Å². The summed E-state index contributed by atoms with van der Waals surface area (Å²) >= 11 is 0. The summed E-state index contributed by atoms with van der Waals surface area (Å²) in [5, 5.41) is 11.5. The summed E-state index contributed by atoms with van der Waals surface area (Å²) in [5.74, 6) is -0.714. The molecular formula is C15H17F3N2O2. The number of aryl methyl sites for hydroxylation is 1. The Labute approximate surface area is 126 Å². The molecule has 1 amide bonds. The van der Waals surface area contributed by atoms with E-state index in [1.54, 1.807) is 19.9 Å². The first kappa shape index (κ1) is 17.8. The van der Waals surface area contributed by atoms with Gasteiger partial charge in [0, 0.05) is 6.42 Å². The second-order valence-corrected chi connectivity index (χ2v) is 5.00. The number of amides is 1. The second kappa shape index (κ2) is 7.16. The average Bonchev–Trinajstić information content (AvgIpc) is 2.44. The first-order valence-corrected chi connectivity index (χ1v) is 6.75. The molecule has 0 fully saturated rings. The number of carbonyl (C=O) groups excluding carboxylic acids is 1. The predicted octanol–water partition coefficient (Wildman–Crippen LogP) is 3.33. The number of ether oxygens (including phenoxy) is 1. The number of carbonyl (C=O) groups is 1. The van der Waals surface area contributed by atoms with Crippen LogP contribution in [0.15, 0.2) is 24.3 Å². The number of benzene rings is 1. The van der Waals surface area contributed by atoms with Crippen LogP contribution >= 0.6 is 0 Å². The van der Waals surface area contributed by atoms with Crippen LogP contribution in [0, 0.1) is 11.3 Å². The predicted molar refractivity (Wildman–Crippen MR) is 73.9 cm³/mol. The number of hydrogen-bond donors (Lipinski definition) is 1. The lowest BCUT2D eigenvalue weighted by Gasteiger charge is -2.21. The third-order valence-electron chi connectivity index (χ3n) is 3.19. The summed E-state index contributed by atoms with van der Waals surface area (Å²) < 4.78 is 40.8. The normalized spacial score (nSPS) is 13.8. The number of alkyl halides is 3. The number of nitriles is 1. The number of halogens is 3. The van der Waals surface area contributed by atoms with Gasteiger partial charge >= 0.3 is 6.36 Å². The van der Waals surface area contributed by atoms with E-state index in [0.717, 1.165) is 0 Å². The molecule has 1 aromatic carbocycles. The Bertz CT molecular complexity index is 567. The summed E-state index contributed by atoms with van der Waals surface area (Å²) in [6.45, 7) is 3.35. The van der Waals surface area contributed by atoms with Crippen molar-refractivity contribution >= 4 is 5.91 Å². The minimum atomic E-state index is -4.78. The van der Waals surface area contributed by atoms with Gasteiger partial charge in [0.25, 0.3) is 0 Å². The Kier molecular flexibility index (Phi) is 5.80. The van der Waals surface area contributed by atoms with Crippen molar-refractivity contribution in [1.29, 1.82) is 5.26 Å². The molecule has 0 aliphatic carbocycles. The van der Waals surface area contributed by atoms with Crippen molar-refractivity contribution in [3.8, 4) is 11.8 Å². The van der Waals surface area contributed by atoms with E-state index in [2.05, 4.69) is 10.1 Å². The maximum atomic E-state index is 12.3. The van der Waals surface area contributed by atoms with Gasteiger partial charge in [0.05, 0.1) is 6.07 Å². The molecule has 1 rings (SSSR count). The molecule has 0 radical (unpaired) electrons. The van der Waals surface area contributed by atoms with Crippen LogP contribution in [0.25, 0.3) is 0 Å². The van der Waals surface area contributed by atoms with E-state index in [0.29, 0.717) is 6.42 Å². The zero-order valence-corrected chi connectivity index (χ0v) is 12.3. The van der Waals surface area contributed by atoms with Crippen molar-refractivity contribution in [2.75, 3.05) is 0 Å². The maximum Gasteiger partial charge on any atom is 0.573 e. The maximum absolute atomic E-state index is 12.3. The summed E-state index contributed by atoms with van der Waals surface area (Å²) in [7, 11) is 0. The standard InChI is InChI=1S/C15H17F3N2O2/c1-3-14(2,10-19)20-13(21)9-8-11-6-4-5-7-12(11)22-15(16,17)18/h4-7H,3,8-9H2,1-2H3,(H,20,21)/t14-/m1/s1. The van der Waals surface area contributed by atoms with E-state index >= 15 is 0 Å². The van der Waals surface area contributed by atoms with Crippen LogP contribution in [-0.2, 0) is 11.2 Å². The first-order chi connectivity index (χ1) is 10.2. The SMILES string of the molecule is CC[C@](C)(C#N)NC(=O)CCc1ccccc1OC(F)(F)F. The fourth-order valence-electron chi connectivity index (χ4n) is 1.75. The van der Waals surface area contributed by atoms with E-state index in [4.69, 9.17) is 5.26 Å².